The molecular formula is C30H28F2N4O5. The molecule has 2 saturated heterocycles. The quantitative estimate of drug-likeness (QED) is 0.356. The number of halogens is 2. The van der Waals surface area contributed by atoms with Crippen LogP contribution in [0, 0.1) is 11.6 Å². The summed E-state index contributed by atoms with van der Waals surface area (Å²) in [5, 5.41) is 9.24. The summed E-state index contributed by atoms with van der Waals surface area (Å²) in [7, 11) is 0. The van der Waals surface area contributed by atoms with Crippen molar-refractivity contribution in [3.8, 4) is 11.4 Å². The highest BCUT2D eigenvalue weighted by atomic mass is 19.1. The first-order valence-corrected chi connectivity index (χ1v) is 13.4. The number of anilines is 3. The zero-order valence-corrected chi connectivity index (χ0v) is 22.1. The lowest BCUT2D eigenvalue weighted by molar-refractivity contribution is 0.122. The van der Waals surface area contributed by atoms with E-state index in [-0.39, 0.29) is 11.2 Å². The van der Waals surface area contributed by atoms with E-state index >= 15 is 4.39 Å². The van der Waals surface area contributed by atoms with E-state index in [1.165, 1.54) is 18.3 Å². The molecule has 2 aliphatic heterocycles. The first kappa shape index (κ1) is 26.6. The lowest BCUT2D eigenvalue weighted by atomic mass is 10.1. The van der Waals surface area contributed by atoms with E-state index in [4.69, 9.17) is 9.47 Å². The molecule has 6 rings (SSSR count). The van der Waals surface area contributed by atoms with Gasteiger partial charge in [0.15, 0.2) is 5.75 Å². The van der Waals surface area contributed by atoms with Crippen LogP contribution in [0.5, 0.6) is 5.75 Å². The maximum atomic E-state index is 15.6. The van der Waals surface area contributed by atoms with E-state index in [2.05, 4.69) is 9.80 Å². The number of morpholine rings is 1. The standard InChI is InChI=1S/C30H28F2N4O5/c31-20-4-6-21(7-5-20)33-8-10-35(11-9-33)27-18-26-24(17-25(27)32)29(37)28(41-30(38)39)19-36(26)23-3-1-2-22(16-23)34-12-14-40-15-13-34/h1-7,16-19H,8-15H2,(H,38,39). The molecule has 4 aromatic rings. The molecule has 9 nitrogen and oxygen atoms in total. The van der Waals surface area contributed by atoms with Gasteiger partial charge in [-0.2, -0.15) is 0 Å². The summed E-state index contributed by atoms with van der Waals surface area (Å²) in [5.74, 6) is -1.31. The fourth-order valence-corrected chi connectivity index (χ4v) is 5.45. The fraction of sp³-hybridized carbons (Fsp3) is 0.267. The Kier molecular flexibility index (Phi) is 7.19. The number of carboxylic acid groups (broad SMARTS) is 1. The topological polar surface area (TPSA) is 87.5 Å². The van der Waals surface area contributed by atoms with Crippen LogP contribution >= 0.6 is 0 Å². The van der Waals surface area contributed by atoms with Gasteiger partial charge in [-0.25, -0.2) is 13.6 Å². The highest BCUT2D eigenvalue weighted by molar-refractivity contribution is 5.86. The van der Waals surface area contributed by atoms with Crippen molar-refractivity contribution >= 4 is 34.1 Å². The van der Waals surface area contributed by atoms with Crippen LogP contribution in [-0.4, -0.2) is 68.3 Å². The van der Waals surface area contributed by atoms with E-state index in [0.29, 0.717) is 56.3 Å². The molecule has 0 atom stereocenters. The number of hydrogen-bond donors (Lipinski definition) is 1. The van der Waals surface area contributed by atoms with Gasteiger partial charge >= 0.3 is 6.16 Å². The van der Waals surface area contributed by atoms with Gasteiger partial charge in [0.1, 0.15) is 11.6 Å². The van der Waals surface area contributed by atoms with Crippen LogP contribution in [0.3, 0.4) is 0 Å². The Bertz CT molecular complexity index is 1650. The molecule has 1 aromatic heterocycles. The number of fused-ring (bicyclic) bond motifs is 1. The van der Waals surface area contributed by atoms with E-state index in [0.717, 1.165) is 30.5 Å². The Morgan fingerprint density at radius 2 is 1.46 bits per heavy atom. The number of piperazine rings is 1. The van der Waals surface area contributed by atoms with Crippen molar-refractivity contribution in [2.24, 2.45) is 0 Å². The summed E-state index contributed by atoms with van der Waals surface area (Å²) in [6.07, 6.45) is -0.294. The zero-order chi connectivity index (χ0) is 28.5. The molecule has 3 aromatic carbocycles. The zero-order valence-electron chi connectivity index (χ0n) is 22.1. The van der Waals surface area contributed by atoms with Gasteiger partial charge < -0.3 is 33.8 Å². The second kappa shape index (κ2) is 11.1. The lowest BCUT2D eigenvalue weighted by Crippen LogP contribution is -2.46. The number of aromatic nitrogens is 1. The molecule has 0 unspecified atom stereocenters. The van der Waals surface area contributed by atoms with Crippen molar-refractivity contribution in [2.75, 3.05) is 67.2 Å². The van der Waals surface area contributed by atoms with Crippen LogP contribution in [0.4, 0.5) is 30.6 Å². The number of hydrogen-bond acceptors (Lipinski definition) is 7. The van der Waals surface area contributed by atoms with Crippen LogP contribution in [0.25, 0.3) is 16.6 Å². The third-order valence-corrected chi connectivity index (χ3v) is 7.53. The first-order chi connectivity index (χ1) is 19.9. The molecule has 2 fully saturated rings. The van der Waals surface area contributed by atoms with Gasteiger partial charge in [0, 0.05) is 56.3 Å². The average molecular weight is 563 g/mol. The van der Waals surface area contributed by atoms with Gasteiger partial charge in [0.05, 0.1) is 36.0 Å². The largest absolute Gasteiger partial charge is 0.511 e. The van der Waals surface area contributed by atoms with Crippen molar-refractivity contribution in [3.63, 3.8) is 0 Å². The minimum absolute atomic E-state index is 0.00623. The highest BCUT2D eigenvalue weighted by Gasteiger charge is 2.23. The molecule has 0 saturated carbocycles. The minimum Gasteiger partial charge on any atom is -0.449 e. The molecule has 1 N–H and O–H groups in total. The van der Waals surface area contributed by atoms with Crippen LogP contribution in [-0.2, 0) is 4.74 Å². The molecular weight excluding hydrogens is 534 g/mol. The van der Waals surface area contributed by atoms with Gasteiger partial charge in [-0.1, -0.05) is 6.07 Å². The van der Waals surface area contributed by atoms with Crippen molar-refractivity contribution in [3.05, 3.63) is 88.7 Å². The summed E-state index contributed by atoms with van der Waals surface area (Å²) in [4.78, 5) is 30.7. The summed E-state index contributed by atoms with van der Waals surface area (Å²) in [6, 6.07) is 16.7. The Balaban J connectivity index is 1.39. The van der Waals surface area contributed by atoms with Crippen molar-refractivity contribution < 1.29 is 28.2 Å². The van der Waals surface area contributed by atoms with Gasteiger partial charge in [0.2, 0.25) is 5.43 Å². The summed E-state index contributed by atoms with van der Waals surface area (Å²) in [5.41, 5.74) is 2.54. The monoisotopic (exact) mass is 562 g/mol. The predicted octanol–water partition coefficient (Wildman–Crippen LogP) is 4.49. The summed E-state index contributed by atoms with van der Waals surface area (Å²) in [6.45, 7) is 4.89. The summed E-state index contributed by atoms with van der Waals surface area (Å²) >= 11 is 0. The van der Waals surface area contributed by atoms with Crippen molar-refractivity contribution in [1.29, 1.82) is 0 Å². The second-order valence-electron chi connectivity index (χ2n) is 9.95. The molecule has 0 bridgehead atoms. The first-order valence-electron chi connectivity index (χ1n) is 13.4. The predicted molar refractivity (Wildman–Crippen MR) is 152 cm³/mol. The number of nitrogens with zero attached hydrogens (tertiary/aromatic N) is 4. The van der Waals surface area contributed by atoms with Gasteiger partial charge in [0.25, 0.3) is 0 Å². The molecule has 11 heteroatoms. The van der Waals surface area contributed by atoms with Crippen LogP contribution in [0.1, 0.15) is 0 Å². The molecule has 0 radical (unpaired) electrons. The van der Waals surface area contributed by atoms with Crippen LogP contribution < -0.4 is 24.9 Å². The number of ether oxygens (including phenoxy) is 2. The average Bonchev–Trinajstić information content (AvgIpc) is 2.99. The molecule has 0 amide bonds. The number of benzene rings is 3. The third-order valence-electron chi connectivity index (χ3n) is 7.53. The molecule has 2 aliphatic rings. The van der Waals surface area contributed by atoms with Crippen molar-refractivity contribution in [2.45, 2.75) is 0 Å². The van der Waals surface area contributed by atoms with Gasteiger partial charge in [-0.05, 0) is 54.6 Å². The number of pyridine rings is 1. The Labute approximate surface area is 234 Å². The van der Waals surface area contributed by atoms with E-state index < -0.39 is 23.2 Å². The van der Waals surface area contributed by atoms with Crippen LogP contribution in [0.15, 0.2) is 71.7 Å². The number of carbonyl (C=O) groups is 1. The molecule has 0 spiro atoms. The maximum Gasteiger partial charge on any atom is 0.511 e. The highest BCUT2D eigenvalue weighted by Crippen LogP contribution is 2.31. The van der Waals surface area contributed by atoms with E-state index in [9.17, 15) is 19.1 Å². The fourth-order valence-electron chi connectivity index (χ4n) is 5.45. The Hall–Kier alpha value is -4.64. The third kappa shape index (κ3) is 5.40. The van der Waals surface area contributed by atoms with Crippen LogP contribution in [0.2, 0.25) is 0 Å². The maximum absolute atomic E-state index is 15.6. The van der Waals surface area contributed by atoms with E-state index in [1.807, 2.05) is 29.2 Å². The molecule has 3 heterocycles. The van der Waals surface area contributed by atoms with Gasteiger partial charge in [-0.15, -0.1) is 0 Å². The smallest absolute Gasteiger partial charge is 0.449 e. The normalized spacial score (nSPS) is 15.8. The van der Waals surface area contributed by atoms with E-state index in [1.54, 1.807) is 22.8 Å². The van der Waals surface area contributed by atoms with Gasteiger partial charge in [-0.3, -0.25) is 4.79 Å². The minimum atomic E-state index is -1.63. The lowest BCUT2D eigenvalue weighted by Gasteiger charge is -2.37. The Morgan fingerprint density at radius 1 is 0.805 bits per heavy atom. The SMILES string of the molecule is O=C(O)Oc1cn(-c2cccc(N3CCOCC3)c2)c2cc(N3CCN(c4ccc(F)cc4)CC3)c(F)cc2c1=O. The second-order valence-corrected chi connectivity index (χ2v) is 9.95. The van der Waals surface area contributed by atoms with Crippen molar-refractivity contribution in [1.82, 2.24) is 4.57 Å². The molecule has 0 aliphatic carbocycles. The molecule has 41 heavy (non-hydrogen) atoms. The summed E-state index contributed by atoms with van der Waals surface area (Å²) < 4.78 is 40.9. The molecule has 212 valence electrons. The number of rotatable bonds is 5. The Morgan fingerprint density at radius 3 is 2.17 bits per heavy atom.